The van der Waals surface area contributed by atoms with Crippen LogP contribution in [0.5, 0.6) is 5.75 Å². The molecule has 2 saturated heterocycles. The smallest absolute Gasteiger partial charge is 0.255 e. The molecule has 2 heterocycles. The number of carbonyl (C=O) groups excluding carboxylic acids is 2. The van der Waals surface area contributed by atoms with E-state index in [-0.39, 0.29) is 28.3 Å². The van der Waals surface area contributed by atoms with Crippen molar-refractivity contribution in [3.63, 3.8) is 0 Å². The van der Waals surface area contributed by atoms with E-state index in [9.17, 15) is 14.0 Å². The van der Waals surface area contributed by atoms with Crippen LogP contribution in [0.25, 0.3) is 0 Å². The molecule has 0 spiro atoms. The van der Waals surface area contributed by atoms with Gasteiger partial charge in [0.1, 0.15) is 11.6 Å². The fourth-order valence-corrected chi connectivity index (χ4v) is 4.43. The van der Waals surface area contributed by atoms with E-state index in [1.807, 2.05) is 17.0 Å². The molecule has 31 heavy (non-hydrogen) atoms. The number of carbonyl (C=O) groups is 2. The van der Waals surface area contributed by atoms with Crippen molar-refractivity contribution in [1.29, 1.82) is 0 Å². The van der Waals surface area contributed by atoms with Crippen LogP contribution in [-0.2, 0) is 0 Å². The first-order valence-corrected chi connectivity index (χ1v) is 11.2. The van der Waals surface area contributed by atoms with Crippen molar-refractivity contribution in [1.82, 2.24) is 9.80 Å². The van der Waals surface area contributed by atoms with Crippen molar-refractivity contribution in [3.05, 3.63) is 64.4 Å². The molecule has 0 aliphatic carbocycles. The Morgan fingerprint density at radius 3 is 2.42 bits per heavy atom. The van der Waals surface area contributed by atoms with Gasteiger partial charge >= 0.3 is 0 Å². The lowest BCUT2D eigenvalue weighted by molar-refractivity contribution is 0.0633. The molecule has 2 aliphatic heterocycles. The Balaban J connectivity index is 1.32. The predicted molar refractivity (Wildman–Crippen MR) is 117 cm³/mol. The normalized spacial score (nSPS) is 18.8. The van der Waals surface area contributed by atoms with Crippen molar-refractivity contribution in [2.75, 3.05) is 32.8 Å². The van der Waals surface area contributed by atoms with Crippen molar-refractivity contribution < 1.29 is 18.7 Å². The first kappa shape index (κ1) is 21.6. The van der Waals surface area contributed by atoms with Crippen molar-refractivity contribution in [2.24, 2.45) is 5.92 Å². The molecular formula is C24H26ClFN2O3. The van der Waals surface area contributed by atoms with Crippen LogP contribution in [0.3, 0.4) is 0 Å². The maximum atomic E-state index is 13.6. The minimum atomic E-state index is -0.476. The molecule has 4 rings (SSSR count). The van der Waals surface area contributed by atoms with E-state index in [1.54, 1.807) is 17.0 Å². The van der Waals surface area contributed by atoms with Crippen molar-refractivity contribution in [3.8, 4) is 5.75 Å². The first-order chi connectivity index (χ1) is 15.0. The SMILES string of the molecule is O=C(c1ccc(OC[C@@H]2CCCN(C(=O)c3cc(F)ccc3Cl)C2)cc1)N1CCCC1. The summed E-state index contributed by atoms with van der Waals surface area (Å²) in [6, 6.07) is 11.1. The number of benzene rings is 2. The lowest BCUT2D eigenvalue weighted by atomic mass is 9.98. The molecule has 2 aromatic carbocycles. The molecule has 0 saturated carbocycles. The molecule has 2 fully saturated rings. The maximum absolute atomic E-state index is 13.6. The number of amides is 2. The number of likely N-dealkylation sites (tertiary alicyclic amines) is 2. The molecule has 2 aliphatic rings. The van der Waals surface area contributed by atoms with Gasteiger partial charge in [0, 0.05) is 37.7 Å². The zero-order chi connectivity index (χ0) is 21.8. The first-order valence-electron chi connectivity index (χ1n) is 10.8. The fraction of sp³-hybridized carbons (Fsp3) is 0.417. The van der Waals surface area contributed by atoms with Crippen LogP contribution in [0.1, 0.15) is 46.4 Å². The highest BCUT2D eigenvalue weighted by atomic mass is 35.5. The van der Waals surface area contributed by atoms with E-state index in [0.29, 0.717) is 31.0 Å². The largest absolute Gasteiger partial charge is 0.493 e. The molecular weight excluding hydrogens is 419 g/mol. The van der Waals surface area contributed by atoms with E-state index in [0.717, 1.165) is 38.8 Å². The van der Waals surface area contributed by atoms with Crippen LogP contribution in [0.2, 0.25) is 5.02 Å². The van der Waals surface area contributed by atoms with Crippen LogP contribution < -0.4 is 4.74 Å². The Kier molecular flexibility index (Phi) is 6.76. The highest BCUT2D eigenvalue weighted by Crippen LogP contribution is 2.24. The average Bonchev–Trinajstić information content (AvgIpc) is 3.34. The lowest BCUT2D eigenvalue weighted by Crippen LogP contribution is -2.41. The van der Waals surface area contributed by atoms with Crippen molar-refractivity contribution >= 4 is 23.4 Å². The molecule has 0 bridgehead atoms. The second kappa shape index (κ2) is 9.69. The number of halogens is 2. The summed E-state index contributed by atoms with van der Waals surface area (Å²) in [7, 11) is 0. The van der Waals surface area contributed by atoms with E-state index < -0.39 is 5.82 Å². The summed E-state index contributed by atoms with van der Waals surface area (Å²) in [5.41, 5.74) is 0.872. The summed E-state index contributed by atoms with van der Waals surface area (Å²) in [6.45, 7) is 3.29. The summed E-state index contributed by atoms with van der Waals surface area (Å²) in [4.78, 5) is 28.8. The third-order valence-corrected chi connectivity index (χ3v) is 6.27. The summed E-state index contributed by atoms with van der Waals surface area (Å²) < 4.78 is 19.5. The van der Waals surface area contributed by atoms with E-state index in [4.69, 9.17) is 16.3 Å². The summed E-state index contributed by atoms with van der Waals surface area (Å²) >= 11 is 6.10. The molecule has 164 valence electrons. The van der Waals surface area contributed by atoms with Gasteiger partial charge in [-0.05, 0) is 68.1 Å². The minimum Gasteiger partial charge on any atom is -0.493 e. The van der Waals surface area contributed by atoms with E-state index >= 15 is 0 Å². The van der Waals surface area contributed by atoms with Gasteiger partial charge in [0.15, 0.2) is 0 Å². The van der Waals surface area contributed by atoms with Gasteiger partial charge < -0.3 is 14.5 Å². The molecule has 0 radical (unpaired) electrons. The van der Waals surface area contributed by atoms with Gasteiger partial charge in [0.05, 0.1) is 17.2 Å². The van der Waals surface area contributed by atoms with Gasteiger partial charge in [-0.1, -0.05) is 11.6 Å². The molecule has 2 aromatic rings. The van der Waals surface area contributed by atoms with Gasteiger partial charge in [0.25, 0.3) is 11.8 Å². The third-order valence-electron chi connectivity index (χ3n) is 5.95. The Hall–Kier alpha value is -2.60. The van der Waals surface area contributed by atoms with E-state index in [2.05, 4.69) is 0 Å². The zero-order valence-electron chi connectivity index (χ0n) is 17.4. The fourth-order valence-electron chi connectivity index (χ4n) is 4.23. The van der Waals surface area contributed by atoms with Crippen molar-refractivity contribution in [2.45, 2.75) is 25.7 Å². The number of nitrogens with zero attached hydrogens (tertiary/aromatic N) is 2. The zero-order valence-corrected chi connectivity index (χ0v) is 18.1. The van der Waals surface area contributed by atoms with Crippen LogP contribution in [0, 0.1) is 11.7 Å². The Morgan fingerprint density at radius 1 is 0.968 bits per heavy atom. The monoisotopic (exact) mass is 444 g/mol. The second-order valence-electron chi connectivity index (χ2n) is 8.22. The molecule has 7 heteroatoms. The number of ether oxygens (including phenoxy) is 1. The van der Waals surface area contributed by atoms with Crippen LogP contribution in [-0.4, -0.2) is 54.4 Å². The summed E-state index contributed by atoms with van der Waals surface area (Å²) in [5, 5.41) is 0.258. The van der Waals surface area contributed by atoms with Crippen LogP contribution >= 0.6 is 11.6 Å². The van der Waals surface area contributed by atoms with Crippen LogP contribution in [0.4, 0.5) is 4.39 Å². The minimum absolute atomic E-state index is 0.0708. The number of hydrogen-bond donors (Lipinski definition) is 0. The van der Waals surface area contributed by atoms with Gasteiger partial charge in [-0.2, -0.15) is 0 Å². The Bertz CT molecular complexity index is 944. The average molecular weight is 445 g/mol. The quantitative estimate of drug-likeness (QED) is 0.674. The molecule has 5 nitrogen and oxygen atoms in total. The number of piperidine rings is 1. The predicted octanol–water partition coefficient (Wildman–Crippen LogP) is 4.65. The molecule has 0 N–H and O–H groups in total. The summed E-state index contributed by atoms with van der Waals surface area (Å²) in [6.07, 6.45) is 3.95. The molecule has 0 unspecified atom stereocenters. The lowest BCUT2D eigenvalue weighted by Gasteiger charge is -2.33. The standard InChI is InChI=1S/C24H26ClFN2O3/c25-22-10-7-19(26)14-21(22)24(30)28-13-3-4-17(15-28)16-31-20-8-5-18(6-9-20)23(29)27-11-1-2-12-27/h5-10,14,17H,1-4,11-13,15-16H2/t17-/m1/s1. The number of rotatable bonds is 5. The Labute approximate surface area is 186 Å². The highest BCUT2D eigenvalue weighted by Gasteiger charge is 2.26. The van der Waals surface area contributed by atoms with Gasteiger partial charge in [-0.25, -0.2) is 4.39 Å². The number of hydrogen-bond acceptors (Lipinski definition) is 3. The Morgan fingerprint density at radius 2 is 1.68 bits per heavy atom. The van der Waals surface area contributed by atoms with E-state index in [1.165, 1.54) is 18.2 Å². The third kappa shape index (κ3) is 5.18. The van der Waals surface area contributed by atoms with Crippen LogP contribution in [0.15, 0.2) is 42.5 Å². The molecule has 1 atom stereocenters. The highest BCUT2D eigenvalue weighted by molar-refractivity contribution is 6.33. The topological polar surface area (TPSA) is 49.9 Å². The maximum Gasteiger partial charge on any atom is 0.255 e. The van der Waals surface area contributed by atoms with Gasteiger partial charge in [-0.15, -0.1) is 0 Å². The molecule has 2 amide bonds. The van der Waals surface area contributed by atoms with Gasteiger partial charge in [0.2, 0.25) is 0 Å². The summed E-state index contributed by atoms with van der Waals surface area (Å²) in [5.74, 6) is 0.224. The molecule has 0 aromatic heterocycles. The van der Waals surface area contributed by atoms with Gasteiger partial charge in [-0.3, -0.25) is 9.59 Å². The second-order valence-corrected chi connectivity index (χ2v) is 8.63.